The number of alkyl halides is 1. The van der Waals surface area contributed by atoms with Crippen molar-refractivity contribution in [3.8, 4) is 0 Å². The molecule has 156 valence electrons. The number of fused-ring (bicyclic) bond motifs is 2. The Morgan fingerprint density at radius 3 is 2.90 bits per heavy atom. The lowest BCUT2D eigenvalue weighted by Gasteiger charge is -2.19. The molecule has 0 saturated carbocycles. The third-order valence-corrected chi connectivity index (χ3v) is 5.88. The molecular formula is C26H23FN2O2. The summed E-state index contributed by atoms with van der Waals surface area (Å²) in [5.41, 5.74) is 6.08. The molecule has 0 spiro atoms. The van der Waals surface area contributed by atoms with Gasteiger partial charge in [0.15, 0.2) is 5.78 Å². The summed E-state index contributed by atoms with van der Waals surface area (Å²) in [5, 5.41) is 1.10. The van der Waals surface area contributed by atoms with E-state index in [1.807, 2.05) is 42.6 Å². The summed E-state index contributed by atoms with van der Waals surface area (Å²) in [6, 6.07) is 18.2. The first kappa shape index (κ1) is 19.5. The molecule has 4 nitrogen and oxygen atoms in total. The van der Waals surface area contributed by atoms with Gasteiger partial charge in [-0.25, -0.2) is 4.98 Å². The van der Waals surface area contributed by atoms with Gasteiger partial charge in [-0.3, -0.25) is 9.18 Å². The van der Waals surface area contributed by atoms with Crippen molar-refractivity contribution in [2.75, 3.05) is 18.1 Å². The van der Waals surface area contributed by atoms with E-state index in [1.54, 1.807) is 6.26 Å². The van der Waals surface area contributed by atoms with Gasteiger partial charge in [0, 0.05) is 35.8 Å². The Kier molecular flexibility index (Phi) is 5.24. The highest BCUT2D eigenvalue weighted by atomic mass is 19.1. The number of carbonyl (C=O) groups is 1. The summed E-state index contributed by atoms with van der Waals surface area (Å²) < 4.78 is 17.9. The minimum Gasteiger partial charge on any atom is -0.464 e. The molecule has 0 unspecified atom stereocenters. The third kappa shape index (κ3) is 3.83. The smallest absolute Gasteiger partial charge is 0.163 e. The zero-order chi connectivity index (χ0) is 21.2. The first-order valence-corrected chi connectivity index (χ1v) is 10.6. The SMILES string of the molecule is O=C(CCCF)c1cccc2c1CCN2c1cc(Cc2ccc3occc3c2)ccn1. The van der Waals surface area contributed by atoms with Crippen molar-refractivity contribution < 1.29 is 13.6 Å². The molecule has 31 heavy (non-hydrogen) atoms. The fourth-order valence-corrected chi connectivity index (χ4v) is 4.38. The Bertz CT molecular complexity index is 1250. The molecule has 5 heteroatoms. The van der Waals surface area contributed by atoms with Crippen LogP contribution in [0.1, 0.15) is 39.9 Å². The van der Waals surface area contributed by atoms with Crippen LogP contribution in [0, 0.1) is 0 Å². The Morgan fingerprint density at radius 2 is 2.00 bits per heavy atom. The summed E-state index contributed by atoms with van der Waals surface area (Å²) in [5.74, 6) is 0.904. The van der Waals surface area contributed by atoms with E-state index < -0.39 is 6.67 Å². The van der Waals surface area contributed by atoms with Crippen molar-refractivity contribution >= 4 is 28.3 Å². The van der Waals surface area contributed by atoms with E-state index in [9.17, 15) is 9.18 Å². The molecule has 1 aliphatic rings. The predicted molar refractivity (Wildman–Crippen MR) is 120 cm³/mol. The number of anilines is 2. The van der Waals surface area contributed by atoms with Crippen LogP contribution in [-0.2, 0) is 12.8 Å². The standard InChI is InChI=1S/C26H23FN2O2/c27-11-2-5-24(30)22-3-1-4-23-21(22)9-13-29(23)26-17-19(8-12-28-26)15-18-6-7-25-20(16-18)10-14-31-25/h1,3-4,6-8,10,12,14,16-17H,2,5,9,11,13,15H2. The number of benzene rings is 2. The lowest BCUT2D eigenvalue weighted by molar-refractivity contribution is 0.0976. The van der Waals surface area contributed by atoms with Crippen molar-refractivity contribution in [3.05, 3.63) is 89.3 Å². The second kappa shape index (κ2) is 8.34. The van der Waals surface area contributed by atoms with Gasteiger partial charge in [0.2, 0.25) is 0 Å². The van der Waals surface area contributed by atoms with Gasteiger partial charge in [-0.1, -0.05) is 18.2 Å². The molecule has 0 aliphatic carbocycles. The number of hydrogen-bond acceptors (Lipinski definition) is 4. The maximum atomic E-state index is 12.5. The van der Waals surface area contributed by atoms with Crippen LogP contribution in [0.25, 0.3) is 11.0 Å². The fourth-order valence-electron chi connectivity index (χ4n) is 4.38. The van der Waals surface area contributed by atoms with Gasteiger partial charge in [0.25, 0.3) is 0 Å². The number of rotatable bonds is 7. The van der Waals surface area contributed by atoms with E-state index >= 15 is 0 Å². The van der Waals surface area contributed by atoms with Gasteiger partial charge in [-0.05, 0) is 72.4 Å². The minimum atomic E-state index is -0.461. The highest BCUT2D eigenvalue weighted by molar-refractivity contribution is 5.99. The molecule has 0 fully saturated rings. The number of ketones is 1. The van der Waals surface area contributed by atoms with Crippen LogP contribution in [0.15, 0.2) is 71.5 Å². The quantitative estimate of drug-likeness (QED) is 0.346. The van der Waals surface area contributed by atoms with Gasteiger partial charge in [0.1, 0.15) is 11.4 Å². The highest BCUT2D eigenvalue weighted by Gasteiger charge is 2.25. The zero-order valence-corrected chi connectivity index (χ0v) is 17.2. The van der Waals surface area contributed by atoms with Gasteiger partial charge in [-0.15, -0.1) is 0 Å². The summed E-state index contributed by atoms with van der Waals surface area (Å²) in [6.45, 7) is 0.317. The number of aromatic nitrogens is 1. The number of carbonyl (C=O) groups excluding carboxylic acids is 1. The van der Waals surface area contributed by atoms with E-state index in [4.69, 9.17) is 4.42 Å². The molecule has 3 heterocycles. The minimum absolute atomic E-state index is 0.0210. The van der Waals surface area contributed by atoms with Crippen LogP contribution >= 0.6 is 0 Å². The van der Waals surface area contributed by atoms with Crippen molar-refractivity contribution in [3.63, 3.8) is 0 Å². The summed E-state index contributed by atoms with van der Waals surface area (Å²) in [7, 11) is 0. The normalized spacial score (nSPS) is 13.0. The average Bonchev–Trinajstić information content (AvgIpc) is 3.44. The average molecular weight is 414 g/mol. The molecular weight excluding hydrogens is 391 g/mol. The first-order valence-electron chi connectivity index (χ1n) is 10.6. The monoisotopic (exact) mass is 414 g/mol. The molecule has 2 aromatic heterocycles. The fraction of sp³-hybridized carbons (Fsp3) is 0.231. The molecule has 0 atom stereocenters. The summed E-state index contributed by atoms with van der Waals surface area (Å²) in [6.07, 6.45) is 5.67. The van der Waals surface area contributed by atoms with Gasteiger partial charge >= 0.3 is 0 Å². The molecule has 0 bridgehead atoms. The summed E-state index contributed by atoms with van der Waals surface area (Å²) in [4.78, 5) is 19.3. The lowest BCUT2D eigenvalue weighted by Crippen LogP contribution is -2.15. The number of pyridine rings is 1. The number of Topliss-reactive ketones (excluding diaryl/α,β-unsaturated/α-hetero) is 1. The van der Waals surface area contributed by atoms with Gasteiger partial charge in [0.05, 0.1) is 12.9 Å². The number of furan rings is 1. The molecule has 0 saturated heterocycles. The van der Waals surface area contributed by atoms with Crippen LogP contribution < -0.4 is 4.90 Å². The Balaban J connectivity index is 1.40. The van der Waals surface area contributed by atoms with E-state index in [-0.39, 0.29) is 18.6 Å². The maximum Gasteiger partial charge on any atom is 0.163 e. The second-order valence-corrected chi connectivity index (χ2v) is 7.91. The predicted octanol–water partition coefficient (Wildman–Crippen LogP) is 6.05. The lowest BCUT2D eigenvalue weighted by atomic mass is 9.99. The molecule has 0 N–H and O–H groups in total. The van der Waals surface area contributed by atoms with E-state index in [0.717, 1.165) is 53.0 Å². The van der Waals surface area contributed by atoms with E-state index in [2.05, 4.69) is 28.1 Å². The summed E-state index contributed by atoms with van der Waals surface area (Å²) >= 11 is 0. The molecule has 4 aromatic rings. The molecule has 0 radical (unpaired) electrons. The first-order chi connectivity index (χ1) is 15.2. The Hall–Kier alpha value is -3.47. The highest BCUT2D eigenvalue weighted by Crippen LogP contribution is 2.36. The second-order valence-electron chi connectivity index (χ2n) is 7.91. The third-order valence-electron chi connectivity index (χ3n) is 5.88. The van der Waals surface area contributed by atoms with E-state index in [0.29, 0.717) is 0 Å². The van der Waals surface area contributed by atoms with E-state index in [1.165, 1.54) is 11.1 Å². The van der Waals surface area contributed by atoms with Crippen molar-refractivity contribution in [2.24, 2.45) is 0 Å². The maximum absolute atomic E-state index is 12.5. The van der Waals surface area contributed by atoms with Crippen molar-refractivity contribution in [1.29, 1.82) is 0 Å². The van der Waals surface area contributed by atoms with Crippen LogP contribution in [0.4, 0.5) is 15.9 Å². The van der Waals surface area contributed by atoms with Crippen molar-refractivity contribution in [2.45, 2.75) is 25.7 Å². The Labute approximate surface area is 180 Å². The molecule has 5 rings (SSSR count). The van der Waals surface area contributed by atoms with Crippen LogP contribution in [0.2, 0.25) is 0 Å². The number of hydrogen-bond donors (Lipinski definition) is 0. The zero-order valence-electron chi connectivity index (χ0n) is 17.2. The molecule has 1 aliphatic heterocycles. The van der Waals surface area contributed by atoms with Crippen LogP contribution in [0.5, 0.6) is 0 Å². The Morgan fingerprint density at radius 1 is 1.10 bits per heavy atom. The topological polar surface area (TPSA) is 46.3 Å². The van der Waals surface area contributed by atoms with Crippen molar-refractivity contribution in [1.82, 2.24) is 4.98 Å². The molecule has 0 amide bonds. The van der Waals surface area contributed by atoms with Gasteiger partial charge < -0.3 is 9.32 Å². The van der Waals surface area contributed by atoms with Crippen LogP contribution in [0.3, 0.4) is 0 Å². The largest absolute Gasteiger partial charge is 0.464 e. The van der Waals surface area contributed by atoms with Crippen LogP contribution in [-0.4, -0.2) is 24.0 Å². The van der Waals surface area contributed by atoms with Gasteiger partial charge in [-0.2, -0.15) is 0 Å². The number of halogens is 1. The number of nitrogens with zero attached hydrogens (tertiary/aromatic N) is 2. The molecule has 2 aromatic carbocycles.